The van der Waals surface area contributed by atoms with Crippen LogP contribution in [0.2, 0.25) is 5.02 Å². The van der Waals surface area contributed by atoms with Crippen LogP contribution in [0.4, 0.5) is 11.4 Å². The van der Waals surface area contributed by atoms with Crippen LogP contribution in [-0.2, 0) is 0 Å². The van der Waals surface area contributed by atoms with Crippen LogP contribution in [0.5, 0.6) is 0 Å². The number of benzene rings is 1. The van der Waals surface area contributed by atoms with Crippen LogP contribution in [0.1, 0.15) is 36.3 Å². The van der Waals surface area contributed by atoms with Crippen molar-refractivity contribution in [1.82, 2.24) is 10.3 Å². The molecule has 1 atom stereocenters. The lowest BCUT2D eigenvalue weighted by molar-refractivity contribution is 0.0934. The Kier molecular flexibility index (Phi) is 5.39. The third kappa shape index (κ3) is 3.98. The molecule has 116 valence electrons. The van der Waals surface area contributed by atoms with Gasteiger partial charge < -0.3 is 10.6 Å². The molecule has 22 heavy (non-hydrogen) atoms. The Labute approximate surface area is 135 Å². The number of pyridine rings is 1. The van der Waals surface area contributed by atoms with E-state index in [1.54, 1.807) is 12.3 Å². The van der Waals surface area contributed by atoms with E-state index in [1.807, 2.05) is 45.0 Å². The molecule has 2 N–H and O–H groups in total. The second kappa shape index (κ2) is 7.27. The van der Waals surface area contributed by atoms with Crippen LogP contribution in [-0.4, -0.2) is 16.9 Å². The summed E-state index contributed by atoms with van der Waals surface area (Å²) in [4.78, 5) is 16.2. The van der Waals surface area contributed by atoms with Crippen LogP contribution < -0.4 is 10.6 Å². The monoisotopic (exact) mass is 317 g/mol. The zero-order valence-electron chi connectivity index (χ0n) is 13.0. The number of hydrogen-bond donors (Lipinski definition) is 2. The summed E-state index contributed by atoms with van der Waals surface area (Å²) >= 11 is 6.10. The smallest absolute Gasteiger partial charge is 0.270 e. The van der Waals surface area contributed by atoms with E-state index in [9.17, 15) is 4.79 Å². The lowest BCUT2D eigenvalue weighted by Gasteiger charge is -2.12. The number of carbonyl (C=O) groups excluding carboxylic acids is 1. The first-order valence-electron chi connectivity index (χ1n) is 7.30. The van der Waals surface area contributed by atoms with Crippen molar-refractivity contribution in [3.8, 4) is 0 Å². The summed E-state index contributed by atoms with van der Waals surface area (Å²) < 4.78 is 0. The van der Waals surface area contributed by atoms with Crippen LogP contribution in [0.3, 0.4) is 0 Å². The predicted octanol–water partition coefficient (Wildman–Crippen LogP) is 4.32. The third-order valence-corrected chi connectivity index (χ3v) is 3.94. The minimum atomic E-state index is -0.153. The average Bonchev–Trinajstić information content (AvgIpc) is 2.52. The van der Waals surface area contributed by atoms with E-state index in [1.165, 1.54) is 0 Å². The molecule has 0 aliphatic carbocycles. The first-order valence-corrected chi connectivity index (χ1v) is 7.68. The van der Waals surface area contributed by atoms with Crippen molar-refractivity contribution in [3.63, 3.8) is 0 Å². The van der Waals surface area contributed by atoms with E-state index < -0.39 is 0 Å². The number of nitrogens with zero attached hydrogens (tertiary/aromatic N) is 1. The van der Waals surface area contributed by atoms with Gasteiger partial charge in [0.15, 0.2) is 0 Å². The lowest BCUT2D eigenvalue weighted by Crippen LogP contribution is -2.32. The molecule has 0 aliphatic rings. The molecule has 0 saturated heterocycles. The second-order valence-corrected chi connectivity index (χ2v) is 5.66. The van der Waals surface area contributed by atoms with Gasteiger partial charge in [0.2, 0.25) is 0 Å². The molecule has 0 saturated carbocycles. The van der Waals surface area contributed by atoms with E-state index in [0.717, 1.165) is 23.4 Å². The Morgan fingerprint density at radius 2 is 2.09 bits per heavy atom. The second-order valence-electron chi connectivity index (χ2n) is 5.25. The molecule has 0 bridgehead atoms. The molecule has 1 amide bonds. The fourth-order valence-corrected chi connectivity index (χ4v) is 2.07. The first-order chi connectivity index (χ1) is 10.5. The van der Waals surface area contributed by atoms with Gasteiger partial charge in [-0.25, -0.2) is 4.98 Å². The fourth-order valence-electron chi connectivity index (χ4n) is 1.90. The van der Waals surface area contributed by atoms with Crippen molar-refractivity contribution in [2.45, 2.75) is 33.2 Å². The highest BCUT2D eigenvalue weighted by Crippen LogP contribution is 2.25. The maximum Gasteiger partial charge on any atom is 0.270 e. The van der Waals surface area contributed by atoms with Crippen molar-refractivity contribution in [3.05, 3.63) is 52.8 Å². The van der Waals surface area contributed by atoms with Crippen molar-refractivity contribution in [1.29, 1.82) is 0 Å². The number of carbonyl (C=O) groups is 1. The number of halogens is 1. The molecule has 0 spiro atoms. The fraction of sp³-hybridized carbons (Fsp3) is 0.294. The normalized spacial score (nSPS) is 11.8. The highest BCUT2D eigenvalue weighted by atomic mass is 35.5. The Morgan fingerprint density at radius 3 is 2.73 bits per heavy atom. The summed E-state index contributed by atoms with van der Waals surface area (Å²) in [6, 6.07) is 9.37. The molecule has 0 fully saturated rings. The SMILES string of the molecule is CCC(C)NC(=O)c1ccc(Nc2cccc(Cl)c2C)cn1. The average molecular weight is 318 g/mol. The van der Waals surface area contributed by atoms with Gasteiger partial charge in [-0.2, -0.15) is 0 Å². The van der Waals surface area contributed by atoms with Crippen LogP contribution in [0.25, 0.3) is 0 Å². The van der Waals surface area contributed by atoms with Gasteiger partial charge in [-0.15, -0.1) is 0 Å². The summed E-state index contributed by atoms with van der Waals surface area (Å²) in [5.41, 5.74) is 3.12. The summed E-state index contributed by atoms with van der Waals surface area (Å²) in [5, 5.41) is 6.86. The Hall–Kier alpha value is -2.07. The highest BCUT2D eigenvalue weighted by Gasteiger charge is 2.10. The lowest BCUT2D eigenvalue weighted by atomic mass is 10.2. The molecule has 1 unspecified atom stereocenters. The summed E-state index contributed by atoms with van der Waals surface area (Å²) in [6.45, 7) is 5.94. The van der Waals surface area contributed by atoms with Gasteiger partial charge in [0.1, 0.15) is 5.69 Å². The first kappa shape index (κ1) is 16.3. The molecule has 0 aliphatic heterocycles. The Balaban J connectivity index is 2.09. The third-order valence-electron chi connectivity index (χ3n) is 3.53. The van der Waals surface area contributed by atoms with Gasteiger partial charge in [-0.05, 0) is 50.1 Å². The molecule has 2 rings (SSSR count). The van der Waals surface area contributed by atoms with Gasteiger partial charge >= 0.3 is 0 Å². The van der Waals surface area contributed by atoms with Crippen LogP contribution >= 0.6 is 11.6 Å². The number of amides is 1. The molecular weight excluding hydrogens is 298 g/mol. The predicted molar refractivity (Wildman–Crippen MR) is 90.9 cm³/mol. The van der Waals surface area contributed by atoms with E-state index in [2.05, 4.69) is 15.6 Å². The highest BCUT2D eigenvalue weighted by molar-refractivity contribution is 6.31. The number of rotatable bonds is 5. The van der Waals surface area contributed by atoms with Crippen molar-refractivity contribution in [2.75, 3.05) is 5.32 Å². The maximum absolute atomic E-state index is 12.0. The van der Waals surface area contributed by atoms with Gasteiger partial charge in [0.25, 0.3) is 5.91 Å². The van der Waals surface area contributed by atoms with Crippen molar-refractivity contribution in [2.24, 2.45) is 0 Å². The van der Waals surface area contributed by atoms with Gasteiger partial charge in [-0.1, -0.05) is 24.6 Å². The van der Waals surface area contributed by atoms with E-state index in [-0.39, 0.29) is 11.9 Å². The number of hydrogen-bond acceptors (Lipinski definition) is 3. The summed E-state index contributed by atoms with van der Waals surface area (Å²) in [5.74, 6) is -0.153. The molecule has 1 heterocycles. The zero-order valence-corrected chi connectivity index (χ0v) is 13.7. The molecule has 0 radical (unpaired) electrons. The number of nitrogens with one attached hydrogen (secondary N) is 2. The molecule has 1 aromatic heterocycles. The largest absolute Gasteiger partial charge is 0.354 e. The number of aromatic nitrogens is 1. The maximum atomic E-state index is 12.0. The molecular formula is C17H20ClN3O. The van der Waals surface area contributed by atoms with Crippen molar-refractivity contribution < 1.29 is 4.79 Å². The standard InChI is InChI=1S/C17H20ClN3O/c1-4-11(2)20-17(22)16-9-8-13(10-19-16)21-15-7-5-6-14(18)12(15)3/h5-11,21H,4H2,1-3H3,(H,20,22). The van der Waals surface area contributed by atoms with Gasteiger partial charge in [0.05, 0.1) is 11.9 Å². The minimum Gasteiger partial charge on any atom is -0.354 e. The molecule has 4 nitrogen and oxygen atoms in total. The minimum absolute atomic E-state index is 0.140. The van der Waals surface area contributed by atoms with E-state index in [4.69, 9.17) is 11.6 Å². The van der Waals surface area contributed by atoms with E-state index >= 15 is 0 Å². The molecule has 2 aromatic rings. The summed E-state index contributed by atoms with van der Waals surface area (Å²) in [6.07, 6.45) is 2.53. The van der Waals surface area contributed by atoms with Gasteiger partial charge in [0, 0.05) is 16.8 Å². The zero-order chi connectivity index (χ0) is 16.1. The Bertz CT molecular complexity index is 655. The molecule has 5 heteroatoms. The quantitative estimate of drug-likeness (QED) is 0.863. The topological polar surface area (TPSA) is 54.0 Å². The summed E-state index contributed by atoms with van der Waals surface area (Å²) in [7, 11) is 0. The molecule has 1 aromatic carbocycles. The van der Waals surface area contributed by atoms with Gasteiger partial charge in [-0.3, -0.25) is 4.79 Å². The Morgan fingerprint density at radius 1 is 1.32 bits per heavy atom. The van der Waals surface area contributed by atoms with Crippen LogP contribution in [0, 0.1) is 6.92 Å². The number of anilines is 2. The van der Waals surface area contributed by atoms with Crippen LogP contribution in [0.15, 0.2) is 36.5 Å². The van der Waals surface area contributed by atoms with E-state index in [0.29, 0.717) is 10.7 Å². The van der Waals surface area contributed by atoms with Crippen molar-refractivity contribution >= 4 is 28.9 Å².